The van der Waals surface area contributed by atoms with Crippen LogP contribution in [0.2, 0.25) is 0 Å². The fourth-order valence-electron chi connectivity index (χ4n) is 3.01. The number of para-hydroxylation sites is 1. The van der Waals surface area contributed by atoms with Gasteiger partial charge in [0.15, 0.2) is 5.60 Å². The van der Waals surface area contributed by atoms with Crippen LogP contribution in [0.15, 0.2) is 53.0 Å². The maximum atomic E-state index is 13.2. The SMILES string of the molecule is Cc1c(CO)c2ccccc2n1C(=O)C(C)(C)Oc1ccc(Br)cc1. The molecule has 0 atom stereocenters. The Labute approximate surface area is 155 Å². The highest BCUT2D eigenvalue weighted by molar-refractivity contribution is 9.10. The van der Waals surface area contributed by atoms with E-state index in [-0.39, 0.29) is 12.5 Å². The van der Waals surface area contributed by atoms with Crippen LogP contribution in [0.5, 0.6) is 5.75 Å². The molecule has 0 radical (unpaired) electrons. The molecule has 0 aliphatic rings. The summed E-state index contributed by atoms with van der Waals surface area (Å²) in [6, 6.07) is 15.0. The lowest BCUT2D eigenvalue weighted by atomic mass is 10.1. The van der Waals surface area contributed by atoms with Crippen molar-refractivity contribution in [3.63, 3.8) is 0 Å². The van der Waals surface area contributed by atoms with Crippen molar-refractivity contribution >= 4 is 32.7 Å². The zero-order valence-corrected chi connectivity index (χ0v) is 16.0. The van der Waals surface area contributed by atoms with Crippen LogP contribution in [0.4, 0.5) is 0 Å². The number of nitrogens with zero attached hydrogens (tertiary/aromatic N) is 1. The van der Waals surface area contributed by atoms with E-state index in [0.29, 0.717) is 5.75 Å². The normalized spacial score (nSPS) is 11.7. The molecule has 3 rings (SSSR count). The number of halogens is 1. The van der Waals surface area contributed by atoms with E-state index in [1.807, 2.05) is 55.5 Å². The molecule has 1 aromatic heterocycles. The molecule has 0 aliphatic carbocycles. The number of aliphatic hydroxyl groups excluding tert-OH is 1. The van der Waals surface area contributed by atoms with Gasteiger partial charge in [-0.05, 0) is 51.1 Å². The molecule has 0 bridgehead atoms. The Morgan fingerprint density at radius 1 is 1.16 bits per heavy atom. The quantitative estimate of drug-likeness (QED) is 0.688. The molecular weight excluding hydrogens is 382 g/mol. The van der Waals surface area contributed by atoms with Gasteiger partial charge in [0, 0.05) is 21.1 Å². The van der Waals surface area contributed by atoms with Gasteiger partial charge in [-0.15, -0.1) is 0 Å². The van der Waals surface area contributed by atoms with Crippen LogP contribution in [0.25, 0.3) is 10.9 Å². The number of fused-ring (bicyclic) bond motifs is 1. The Morgan fingerprint density at radius 3 is 2.44 bits per heavy atom. The minimum absolute atomic E-state index is 0.110. The predicted octanol–water partition coefficient (Wildman–Crippen LogP) is 4.70. The van der Waals surface area contributed by atoms with Crippen molar-refractivity contribution in [3.8, 4) is 5.75 Å². The first-order valence-corrected chi connectivity index (χ1v) is 8.83. The molecule has 130 valence electrons. The van der Waals surface area contributed by atoms with E-state index in [0.717, 1.165) is 26.6 Å². The lowest BCUT2D eigenvalue weighted by Gasteiger charge is -2.26. The molecule has 0 amide bonds. The molecule has 3 aromatic rings. The van der Waals surface area contributed by atoms with E-state index in [9.17, 15) is 9.90 Å². The van der Waals surface area contributed by atoms with E-state index >= 15 is 0 Å². The van der Waals surface area contributed by atoms with E-state index in [1.165, 1.54) is 0 Å². The molecule has 0 unspecified atom stereocenters. The largest absolute Gasteiger partial charge is 0.478 e. The lowest BCUT2D eigenvalue weighted by molar-refractivity contribution is 0.0491. The second-order valence-corrected chi connectivity index (χ2v) is 7.36. The summed E-state index contributed by atoms with van der Waals surface area (Å²) in [7, 11) is 0. The number of hydrogen-bond donors (Lipinski definition) is 1. The number of hydrogen-bond acceptors (Lipinski definition) is 3. The summed E-state index contributed by atoms with van der Waals surface area (Å²) in [4.78, 5) is 13.2. The summed E-state index contributed by atoms with van der Waals surface area (Å²) < 4.78 is 8.55. The van der Waals surface area contributed by atoms with Crippen molar-refractivity contribution in [2.24, 2.45) is 0 Å². The molecule has 0 aliphatic heterocycles. The van der Waals surface area contributed by atoms with Crippen molar-refractivity contribution < 1.29 is 14.6 Å². The van der Waals surface area contributed by atoms with Crippen molar-refractivity contribution in [1.29, 1.82) is 0 Å². The highest BCUT2D eigenvalue weighted by Gasteiger charge is 2.34. The second kappa shape index (κ2) is 6.65. The Balaban J connectivity index is 2.03. The van der Waals surface area contributed by atoms with Crippen molar-refractivity contribution in [2.45, 2.75) is 33.0 Å². The average molecular weight is 402 g/mol. The zero-order chi connectivity index (χ0) is 18.2. The maximum Gasteiger partial charge on any atom is 0.274 e. The van der Waals surface area contributed by atoms with Gasteiger partial charge < -0.3 is 9.84 Å². The first-order chi connectivity index (χ1) is 11.8. The standard InChI is InChI=1S/C20H20BrNO3/c1-13-17(12-23)16-6-4-5-7-18(16)22(13)19(24)20(2,3)25-15-10-8-14(21)9-11-15/h4-11,23H,12H2,1-3H3. The Morgan fingerprint density at radius 2 is 1.80 bits per heavy atom. The van der Waals surface area contributed by atoms with Gasteiger partial charge in [-0.2, -0.15) is 0 Å². The van der Waals surface area contributed by atoms with Crippen molar-refractivity contribution in [2.75, 3.05) is 0 Å². The summed E-state index contributed by atoms with van der Waals surface area (Å²) in [6.45, 7) is 5.24. The number of carbonyl (C=O) groups is 1. The van der Waals surface area contributed by atoms with E-state index in [2.05, 4.69) is 15.9 Å². The van der Waals surface area contributed by atoms with Crippen LogP contribution < -0.4 is 4.74 Å². The second-order valence-electron chi connectivity index (χ2n) is 6.45. The minimum atomic E-state index is -1.06. The fraction of sp³-hybridized carbons (Fsp3) is 0.250. The molecule has 25 heavy (non-hydrogen) atoms. The topological polar surface area (TPSA) is 51.5 Å². The number of rotatable bonds is 4. The molecule has 2 aromatic carbocycles. The third kappa shape index (κ3) is 3.22. The highest BCUT2D eigenvalue weighted by atomic mass is 79.9. The maximum absolute atomic E-state index is 13.2. The van der Waals surface area contributed by atoms with Crippen LogP contribution in [-0.2, 0) is 6.61 Å². The fourth-order valence-corrected chi connectivity index (χ4v) is 3.27. The molecule has 0 fully saturated rings. The van der Waals surface area contributed by atoms with Crippen LogP contribution in [0.3, 0.4) is 0 Å². The first-order valence-electron chi connectivity index (χ1n) is 8.04. The van der Waals surface area contributed by atoms with E-state index in [4.69, 9.17) is 4.74 Å². The Kier molecular flexibility index (Phi) is 4.71. The summed E-state index contributed by atoms with van der Waals surface area (Å²) in [6.07, 6.45) is 0. The number of aromatic nitrogens is 1. The van der Waals surface area contributed by atoms with E-state index < -0.39 is 5.60 Å². The lowest BCUT2D eigenvalue weighted by Crippen LogP contribution is -2.42. The van der Waals surface area contributed by atoms with Gasteiger partial charge in [0.2, 0.25) is 0 Å². The van der Waals surface area contributed by atoms with Gasteiger partial charge >= 0.3 is 0 Å². The third-order valence-corrected chi connectivity index (χ3v) is 4.83. The van der Waals surface area contributed by atoms with Crippen LogP contribution in [-0.4, -0.2) is 21.2 Å². The summed E-state index contributed by atoms with van der Waals surface area (Å²) in [5.74, 6) is 0.446. The Hall–Kier alpha value is -2.11. The van der Waals surface area contributed by atoms with Crippen LogP contribution >= 0.6 is 15.9 Å². The number of carbonyl (C=O) groups excluding carboxylic acids is 1. The minimum Gasteiger partial charge on any atom is -0.478 e. The highest BCUT2D eigenvalue weighted by Crippen LogP contribution is 2.29. The summed E-state index contributed by atoms with van der Waals surface area (Å²) >= 11 is 3.39. The van der Waals surface area contributed by atoms with Gasteiger partial charge in [-0.1, -0.05) is 34.1 Å². The molecule has 0 spiro atoms. The summed E-state index contributed by atoms with van der Waals surface area (Å²) in [5.41, 5.74) is 1.22. The monoisotopic (exact) mass is 401 g/mol. The van der Waals surface area contributed by atoms with Crippen LogP contribution in [0.1, 0.15) is 29.9 Å². The number of ether oxygens (including phenoxy) is 1. The Bertz CT molecular complexity index is 926. The van der Waals surface area contributed by atoms with Gasteiger partial charge in [0.25, 0.3) is 5.91 Å². The van der Waals surface area contributed by atoms with Crippen molar-refractivity contribution in [3.05, 3.63) is 64.3 Å². The third-order valence-electron chi connectivity index (χ3n) is 4.31. The molecule has 1 heterocycles. The van der Waals surface area contributed by atoms with Crippen molar-refractivity contribution in [1.82, 2.24) is 4.57 Å². The average Bonchev–Trinajstić information content (AvgIpc) is 2.87. The van der Waals surface area contributed by atoms with Gasteiger partial charge in [-0.3, -0.25) is 9.36 Å². The number of aliphatic hydroxyl groups is 1. The summed E-state index contributed by atoms with van der Waals surface area (Å²) in [5, 5.41) is 10.6. The van der Waals surface area contributed by atoms with Gasteiger partial charge in [0.1, 0.15) is 5.75 Å². The first kappa shape index (κ1) is 17.7. The molecular formula is C20H20BrNO3. The van der Waals surface area contributed by atoms with E-state index in [1.54, 1.807) is 18.4 Å². The zero-order valence-electron chi connectivity index (χ0n) is 14.4. The molecule has 0 saturated heterocycles. The molecule has 5 heteroatoms. The molecule has 1 N–H and O–H groups in total. The smallest absolute Gasteiger partial charge is 0.274 e. The van der Waals surface area contributed by atoms with Gasteiger partial charge in [-0.25, -0.2) is 0 Å². The predicted molar refractivity (Wildman–Crippen MR) is 102 cm³/mol. The molecule has 4 nitrogen and oxygen atoms in total. The van der Waals surface area contributed by atoms with Crippen LogP contribution in [0, 0.1) is 6.92 Å². The molecule has 0 saturated carbocycles. The number of benzene rings is 2. The van der Waals surface area contributed by atoms with Gasteiger partial charge in [0.05, 0.1) is 12.1 Å².